The molecule has 0 bridgehead atoms. The SMILES string of the molecule is CCN[C@@](N)(CS)CN[C@](C)(CN[C@@](N)(CS)CNC)CSSC[C@@](N)(CNC)NC[C@](F)(CS)NC[C@](N)(CS)NC. The molecule has 0 radical (unpaired) electrons. The highest BCUT2D eigenvalue weighted by Crippen LogP contribution is 2.28. The number of likely N-dealkylation sites (N-methyl/N-ethyl adjacent to an activating group) is 4. The Bertz CT molecular complexity index is 727. The largest absolute Gasteiger partial charge is 0.317 e. The first kappa shape index (κ1) is 44.5. The van der Waals surface area contributed by atoms with Gasteiger partial charge < -0.3 is 44.2 Å². The average molecular weight is 729 g/mol. The zero-order valence-electron chi connectivity index (χ0n) is 26.5. The van der Waals surface area contributed by atoms with Gasteiger partial charge in [-0.1, -0.05) is 28.5 Å². The van der Waals surface area contributed by atoms with Crippen LogP contribution in [0.1, 0.15) is 13.8 Å². The number of hydrogen-bond acceptors (Lipinski definition) is 18. The van der Waals surface area contributed by atoms with E-state index in [4.69, 9.17) is 22.9 Å². The van der Waals surface area contributed by atoms with Gasteiger partial charge in [0.1, 0.15) is 0 Å². The van der Waals surface area contributed by atoms with Gasteiger partial charge in [-0.3, -0.25) is 21.3 Å². The first-order valence-electron chi connectivity index (χ1n) is 14.3. The Labute approximate surface area is 289 Å². The summed E-state index contributed by atoms with van der Waals surface area (Å²) < 4.78 is 15.7. The Morgan fingerprint density at radius 1 is 0.581 bits per heavy atom. The molecule has 0 saturated carbocycles. The molecule has 6 atom stereocenters. The number of rotatable bonds is 28. The van der Waals surface area contributed by atoms with E-state index in [1.54, 1.807) is 28.6 Å². The highest BCUT2D eigenvalue weighted by Gasteiger charge is 2.36. The van der Waals surface area contributed by atoms with Crippen molar-refractivity contribution >= 4 is 72.1 Å². The molecule has 0 aliphatic carbocycles. The molecule has 0 aromatic heterocycles. The van der Waals surface area contributed by atoms with Crippen molar-refractivity contribution in [3.8, 4) is 0 Å². The normalized spacial score (nSPS) is 20.8. The molecule has 0 aliphatic heterocycles. The maximum absolute atomic E-state index is 15.7. The molecule has 0 aromatic rings. The van der Waals surface area contributed by atoms with Gasteiger partial charge in [-0.15, -0.1) is 0 Å². The fourth-order valence-corrected chi connectivity index (χ4v) is 7.65. The van der Waals surface area contributed by atoms with E-state index in [-0.39, 0.29) is 18.8 Å². The first-order valence-corrected chi connectivity index (χ1v) is 19.3. The van der Waals surface area contributed by atoms with Crippen molar-refractivity contribution in [2.75, 3.05) is 101 Å². The summed E-state index contributed by atoms with van der Waals surface area (Å²) in [5, 5.41) is 25.7. The van der Waals surface area contributed by atoms with Crippen LogP contribution in [0.5, 0.6) is 0 Å². The van der Waals surface area contributed by atoms with Gasteiger partial charge in [0, 0.05) is 79.3 Å². The third-order valence-electron chi connectivity index (χ3n) is 6.99. The predicted octanol–water partition coefficient (Wildman–Crippen LogP) is -2.24. The lowest BCUT2D eigenvalue weighted by atomic mass is 10.0. The standard InChI is InChI=1S/C24H61FN12S6/c1-6-33-23(28,16-41)12-34-19(2,7-36-22(27,15-40)9-30-3)17-42-43-18-24(29,10-31-4)37-8-20(25,13-38)35-11-21(26,14-39)32-5/h30-41H,6-18,26-29H2,1-5H3/t19-,20-,21-,22-,23-,24-/m1/s1. The lowest BCUT2D eigenvalue weighted by Crippen LogP contribution is -2.69. The van der Waals surface area contributed by atoms with Crippen molar-refractivity contribution in [2.24, 2.45) is 22.9 Å². The molecule has 16 N–H and O–H groups in total. The van der Waals surface area contributed by atoms with Crippen molar-refractivity contribution < 1.29 is 4.39 Å². The minimum absolute atomic E-state index is 0.0595. The van der Waals surface area contributed by atoms with Crippen LogP contribution in [0.2, 0.25) is 0 Å². The molecule has 0 aliphatic rings. The molecule has 0 rings (SSSR count). The summed E-state index contributed by atoms with van der Waals surface area (Å²) in [5.74, 6) is 0.566. The summed E-state index contributed by atoms with van der Waals surface area (Å²) in [6, 6.07) is 0. The predicted molar refractivity (Wildman–Crippen MR) is 203 cm³/mol. The fourth-order valence-electron chi connectivity index (χ4n) is 3.75. The van der Waals surface area contributed by atoms with E-state index >= 15 is 4.39 Å². The molecule has 0 unspecified atom stereocenters. The van der Waals surface area contributed by atoms with Gasteiger partial charge in [-0.2, -0.15) is 50.5 Å². The summed E-state index contributed by atoms with van der Waals surface area (Å²) in [5.41, 5.74) is 22.5. The van der Waals surface area contributed by atoms with Gasteiger partial charge in [-0.05, 0) is 34.6 Å². The summed E-state index contributed by atoms with van der Waals surface area (Å²) in [6.07, 6.45) is 0. The molecule has 0 heterocycles. The molecule has 19 heteroatoms. The average Bonchev–Trinajstić information content (AvgIpc) is 3.00. The van der Waals surface area contributed by atoms with Crippen LogP contribution in [0, 0.1) is 0 Å². The van der Waals surface area contributed by atoms with Crippen LogP contribution in [-0.2, 0) is 0 Å². The maximum Gasteiger partial charge on any atom is 0.183 e. The summed E-state index contributed by atoms with van der Waals surface area (Å²) in [6.45, 7) is 7.02. The van der Waals surface area contributed by atoms with E-state index < -0.39 is 34.0 Å². The molecule has 260 valence electrons. The Kier molecular flexibility index (Phi) is 22.3. The zero-order valence-corrected chi connectivity index (χ0v) is 31.7. The highest BCUT2D eigenvalue weighted by atomic mass is 33.1. The summed E-state index contributed by atoms with van der Waals surface area (Å²) in [4.78, 5) is 0. The van der Waals surface area contributed by atoms with E-state index in [9.17, 15) is 0 Å². The molecule has 0 aromatic carbocycles. The van der Waals surface area contributed by atoms with Crippen LogP contribution >= 0.6 is 72.1 Å². The molecular weight excluding hydrogens is 668 g/mol. The second-order valence-corrected chi connectivity index (χ2v) is 15.3. The monoisotopic (exact) mass is 728 g/mol. The molecular formula is C24H61FN12S6. The molecule has 0 fully saturated rings. The molecule has 43 heavy (non-hydrogen) atoms. The molecule has 12 nitrogen and oxygen atoms in total. The van der Waals surface area contributed by atoms with E-state index in [0.717, 1.165) is 6.54 Å². The van der Waals surface area contributed by atoms with E-state index in [1.807, 2.05) is 21.0 Å². The van der Waals surface area contributed by atoms with Gasteiger partial charge in [0.15, 0.2) is 5.79 Å². The van der Waals surface area contributed by atoms with Crippen LogP contribution in [0.25, 0.3) is 0 Å². The van der Waals surface area contributed by atoms with Crippen LogP contribution in [0.15, 0.2) is 0 Å². The second-order valence-electron chi connectivity index (χ2n) is 11.6. The Balaban J connectivity index is 5.44. The fraction of sp³-hybridized carbons (Fsp3) is 1.00. The van der Waals surface area contributed by atoms with Crippen molar-refractivity contribution in [2.45, 2.75) is 47.8 Å². The molecule has 0 amide bonds. The minimum Gasteiger partial charge on any atom is -0.317 e. The van der Waals surface area contributed by atoms with E-state index in [1.165, 1.54) is 0 Å². The van der Waals surface area contributed by atoms with Gasteiger partial charge in [0.05, 0.1) is 22.7 Å². The van der Waals surface area contributed by atoms with Gasteiger partial charge >= 0.3 is 0 Å². The minimum atomic E-state index is -1.83. The third-order valence-corrected chi connectivity index (χ3v) is 11.9. The van der Waals surface area contributed by atoms with Gasteiger partial charge in [0.25, 0.3) is 0 Å². The quantitative estimate of drug-likeness (QED) is 0.0136. The number of nitrogens with one attached hydrogen (secondary N) is 8. The topological polar surface area (TPSA) is 200 Å². The lowest BCUT2D eigenvalue weighted by Gasteiger charge is -2.40. The Morgan fingerprint density at radius 2 is 1.07 bits per heavy atom. The van der Waals surface area contributed by atoms with Crippen molar-refractivity contribution in [1.82, 2.24) is 42.5 Å². The summed E-state index contributed by atoms with van der Waals surface area (Å²) in [7, 11) is 8.66. The number of thiol groups is 4. The first-order chi connectivity index (χ1) is 20.0. The smallest absolute Gasteiger partial charge is 0.183 e. The molecule has 0 saturated heterocycles. The van der Waals surface area contributed by atoms with Crippen LogP contribution < -0.4 is 65.5 Å². The number of halogens is 1. The van der Waals surface area contributed by atoms with Crippen molar-refractivity contribution in [1.29, 1.82) is 0 Å². The molecule has 0 spiro atoms. The Hall–Kier alpha value is 1.55. The van der Waals surface area contributed by atoms with E-state index in [0.29, 0.717) is 54.9 Å². The maximum atomic E-state index is 15.7. The lowest BCUT2D eigenvalue weighted by molar-refractivity contribution is 0.116. The Morgan fingerprint density at radius 3 is 1.56 bits per heavy atom. The zero-order chi connectivity index (χ0) is 33.3. The second kappa shape index (κ2) is 21.5. The van der Waals surface area contributed by atoms with Gasteiger partial charge in [0.2, 0.25) is 0 Å². The van der Waals surface area contributed by atoms with Gasteiger partial charge in [-0.25, -0.2) is 4.39 Å². The van der Waals surface area contributed by atoms with E-state index in [2.05, 4.69) is 100.0 Å². The number of nitrogens with two attached hydrogens (primary N) is 4. The summed E-state index contributed by atoms with van der Waals surface area (Å²) >= 11 is 17.4. The van der Waals surface area contributed by atoms with Crippen LogP contribution in [0.4, 0.5) is 4.39 Å². The third kappa shape index (κ3) is 17.5. The van der Waals surface area contributed by atoms with Crippen LogP contribution in [-0.4, -0.2) is 135 Å². The number of alkyl halides is 1. The van der Waals surface area contributed by atoms with Crippen molar-refractivity contribution in [3.05, 3.63) is 0 Å². The van der Waals surface area contributed by atoms with Crippen LogP contribution in [0.3, 0.4) is 0 Å². The number of hydrogen-bond donors (Lipinski definition) is 16. The van der Waals surface area contributed by atoms with Crippen molar-refractivity contribution in [3.63, 3.8) is 0 Å². The highest BCUT2D eigenvalue weighted by molar-refractivity contribution is 8.76.